The van der Waals surface area contributed by atoms with Gasteiger partial charge in [0.25, 0.3) is 0 Å². The highest BCUT2D eigenvalue weighted by Crippen LogP contribution is 2.21. The minimum absolute atomic E-state index is 0.621. The summed E-state index contributed by atoms with van der Waals surface area (Å²) in [4.78, 5) is 2.60. The summed E-state index contributed by atoms with van der Waals surface area (Å²) in [6, 6.07) is 0.621. The van der Waals surface area contributed by atoms with Gasteiger partial charge in [-0.05, 0) is 24.8 Å². The molecule has 0 bridgehead atoms. The summed E-state index contributed by atoms with van der Waals surface area (Å²) in [6.07, 6.45) is 1.38. The highest BCUT2D eigenvalue weighted by Gasteiger charge is 2.21. The van der Waals surface area contributed by atoms with Gasteiger partial charge in [-0.15, -0.1) is 0 Å². The van der Waals surface area contributed by atoms with Crippen molar-refractivity contribution in [3.05, 3.63) is 0 Å². The van der Waals surface area contributed by atoms with Crippen molar-refractivity contribution in [2.75, 3.05) is 26.2 Å². The number of nitrogens with zero attached hydrogens (tertiary/aromatic N) is 1. The first kappa shape index (κ1) is 12.0. The van der Waals surface area contributed by atoms with Gasteiger partial charge in [0.05, 0.1) is 0 Å². The smallest absolute Gasteiger partial charge is 0.0107 e. The van der Waals surface area contributed by atoms with Crippen molar-refractivity contribution in [3.63, 3.8) is 0 Å². The summed E-state index contributed by atoms with van der Waals surface area (Å²) < 4.78 is 0. The first-order valence-corrected chi connectivity index (χ1v) is 6.05. The average Bonchev–Trinajstić information content (AvgIpc) is 2.10. The minimum Gasteiger partial charge on any atom is -0.313 e. The molecule has 0 saturated carbocycles. The molecular formula is C12H26N2. The normalized spacial score (nSPS) is 29.8. The summed E-state index contributed by atoms with van der Waals surface area (Å²) in [7, 11) is 0. The molecule has 0 aromatic rings. The van der Waals surface area contributed by atoms with Crippen LogP contribution in [0.4, 0.5) is 0 Å². The van der Waals surface area contributed by atoms with Crippen LogP contribution >= 0.6 is 0 Å². The van der Waals surface area contributed by atoms with E-state index in [1.165, 1.54) is 26.1 Å². The van der Waals surface area contributed by atoms with Crippen LogP contribution < -0.4 is 5.32 Å². The van der Waals surface area contributed by atoms with Gasteiger partial charge in [-0.1, -0.05) is 27.7 Å². The Balaban J connectivity index is 2.13. The molecule has 1 rings (SSSR count). The van der Waals surface area contributed by atoms with Gasteiger partial charge >= 0.3 is 0 Å². The van der Waals surface area contributed by atoms with Crippen LogP contribution in [0.5, 0.6) is 0 Å². The molecule has 2 nitrogen and oxygen atoms in total. The second kappa shape index (κ2) is 5.72. The summed E-state index contributed by atoms with van der Waals surface area (Å²) in [5.74, 6) is 1.80. The minimum atomic E-state index is 0.621. The van der Waals surface area contributed by atoms with E-state index in [0.29, 0.717) is 6.04 Å². The molecule has 1 fully saturated rings. The topological polar surface area (TPSA) is 15.3 Å². The molecule has 0 aromatic heterocycles. The molecule has 2 heteroatoms. The highest BCUT2D eigenvalue weighted by molar-refractivity contribution is 4.75. The summed E-state index contributed by atoms with van der Waals surface area (Å²) in [5, 5.41) is 3.48. The fraction of sp³-hybridized carbons (Fsp3) is 1.00. The molecule has 1 aliphatic heterocycles. The Morgan fingerprint density at radius 1 is 1.29 bits per heavy atom. The molecule has 1 heterocycles. The lowest BCUT2D eigenvalue weighted by Crippen LogP contribution is -2.42. The van der Waals surface area contributed by atoms with Crippen LogP contribution in [0.2, 0.25) is 0 Å². The van der Waals surface area contributed by atoms with Crippen LogP contribution in [0.1, 0.15) is 34.1 Å². The zero-order valence-electron chi connectivity index (χ0n) is 10.2. The number of piperidine rings is 1. The summed E-state index contributed by atoms with van der Waals surface area (Å²) >= 11 is 0. The molecule has 0 spiro atoms. The van der Waals surface area contributed by atoms with Gasteiger partial charge in [0.2, 0.25) is 0 Å². The zero-order valence-corrected chi connectivity index (χ0v) is 10.2. The summed E-state index contributed by atoms with van der Waals surface area (Å²) in [5.41, 5.74) is 0. The second-order valence-electron chi connectivity index (χ2n) is 5.15. The Bertz CT molecular complexity index is 156. The Morgan fingerprint density at radius 2 is 2.00 bits per heavy atom. The molecule has 2 atom stereocenters. The third kappa shape index (κ3) is 3.97. The molecular weight excluding hydrogens is 172 g/mol. The number of hydrogen-bond acceptors (Lipinski definition) is 2. The monoisotopic (exact) mass is 198 g/mol. The lowest BCUT2D eigenvalue weighted by atomic mass is 9.89. The molecule has 1 aliphatic rings. The molecule has 14 heavy (non-hydrogen) atoms. The van der Waals surface area contributed by atoms with E-state index in [9.17, 15) is 0 Å². The van der Waals surface area contributed by atoms with Gasteiger partial charge < -0.3 is 10.2 Å². The summed E-state index contributed by atoms with van der Waals surface area (Å²) in [6.45, 7) is 14.1. The molecule has 0 aliphatic carbocycles. The van der Waals surface area contributed by atoms with E-state index in [-0.39, 0.29) is 0 Å². The maximum absolute atomic E-state index is 3.48. The Kier molecular flexibility index (Phi) is 4.90. The molecule has 2 unspecified atom stereocenters. The van der Waals surface area contributed by atoms with Crippen LogP contribution in [0.15, 0.2) is 0 Å². The number of hydrogen-bond donors (Lipinski definition) is 1. The third-order valence-corrected chi connectivity index (χ3v) is 3.40. The van der Waals surface area contributed by atoms with Crippen LogP contribution in [-0.4, -0.2) is 37.1 Å². The van der Waals surface area contributed by atoms with Gasteiger partial charge in [0.15, 0.2) is 0 Å². The lowest BCUT2D eigenvalue weighted by Gasteiger charge is -2.35. The second-order valence-corrected chi connectivity index (χ2v) is 5.15. The standard InChI is InChI=1S/C12H26N2/c1-10(2)13-6-8-14-7-5-11(3)12(4)9-14/h10-13H,5-9H2,1-4H3. The lowest BCUT2D eigenvalue weighted by molar-refractivity contribution is 0.138. The maximum atomic E-state index is 3.48. The van der Waals surface area contributed by atoms with Crippen molar-refractivity contribution in [2.45, 2.75) is 40.2 Å². The third-order valence-electron chi connectivity index (χ3n) is 3.40. The Morgan fingerprint density at radius 3 is 2.57 bits per heavy atom. The van der Waals surface area contributed by atoms with E-state index in [2.05, 4.69) is 37.9 Å². The maximum Gasteiger partial charge on any atom is 0.0107 e. The van der Waals surface area contributed by atoms with Crippen LogP contribution in [0.3, 0.4) is 0 Å². The Labute approximate surface area is 89.1 Å². The number of rotatable bonds is 4. The van der Waals surface area contributed by atoms with Crippen molar-refractivity contribution in [2.24, 2.45) is 11.8 Å². The predicted molar refractivity (Wildman–Crippen MR) is 62.5 cm³/mol. The van der Waals surface area contributed by atoms with Gasteiger partial charge in [0, 0.05) is 25.7 Å². The van der Waals surface area contributed by atoms with Crippen molar-refractivity contribution >= 4 is 0 Å². The van der Waals surface area contributed by atoms with E-state index in [4.69, 9.17) is 0 Å². The number of nitrogens with one attached hydrogen (secondary N) is 1. The molecule has 1 N–H and O–H groups in total. The van der Waals surface area contributed by atoms with Crippen molar-refractivity contribution < 1.29 is 0 Å². The molecule has 0 aromatic carbocycles. The van der Waals surface area contributed by atoms with E-state index >= 15 is 0 Å². The SMILES string of the molecule is CC(C)NCCN1CCC(C)C(C)C1. The van der Waals surface area contributed by atoms with Gasteiger partial charge in [-0.2, -0.15) is 0 Å². The van der Waals surface area contributed by atoms with E-state index in [1.54, 1.807) is 0 Å². The van der Waals surface area contributed by atoms with E-state index in [1.807, 2.05) is 0 Å². The van der Waals surface area contributed by atoms with Gasteiger partial charge in [-0.25, -0.2) is 0 Å². The first-order valence-electron chi connectivity index (χ1n) is 6.05. The van der Waals surface area contributed by atoms with Crippen molar-refractivity contribution in [3.8, 4) is 0 Å². The van der Waals surface area contributed by atoms with Crippen molar-refractivity contribution in [1.29, 1.82) is 0 Å². The van der Waals surface area contributed by atoms with Crippen LogP contribution in [-0.2, 0) is 0 Å². The van der Waals surface area contributed by atoms with Gasteiger partial charge in [-0.3, -0.25) is 0 Å². The fourth-order valence-electron chi connectivity index (χ4n) is 2.06. The van der Waals surface area contributed by atoms with Crippen molar-refractivity contribution in [1.82, 2.24) is 10.2 Å². The van der Waals surface area contributed by atoms with E-state index in [0.717, 1.165) is 18.4 Å². The van der Waals surface area contributed by atoms with E-state index < -0.39 is 0 Å². The number of likely N-dealkylation sites (tertiary alicyclic amines) is 1. The first-order chi connectivity index (χ1) is 6.59. The molecule has 0 radical (unpaired) electrons. The predicted octanol–water partition coefficient (Wildman–Crippen LogP) is 1.96. The zero-order chi connectivity index (χ0) is 10.6. The van der Waals surface area contributed by atoms with Gasteiger partial charge in [0.1, 0.15) is 0 Å². The highest BCUT2D eigenvalue weighted by atomic mass is 15.1. The molecule has 0 amide bonds. The molecule has 1 saturated heterocycles. The molecule has 84 valence electrons. The van der Waals surface area contributed by atoms with Crippen LogP contribution in [0.25, 0.3) is 0 Å². The Hall–Kier alpha value is -0.0800. The average molecular weight is 198 g/mol. The van der Waals surface area contributed by atoms with Crippen LogP contribution in [0, 0.1) is 11.8 Å². The largest absolute Gasteiger partial charge is 0.313 e. The quantitative estimate of drug-likeness (QED) is 0.743. The fourth-order valence-corrected chi connectivity index (χ4v) is 2.06.